The highest BCUT2D eigenvalue weighted by atomic mass is 79.9. The Kier molecular flexibility index (Phi) is 3.19. The van der Waals surface area contributed by atoms with E-state index in [1.54, 1.807) is 18.2 Å². The van der Waals surface area contributed by atoms with Crippen LogP contribution in [0.2, 0.25) is 0 Å². The molecule has 90 valence electrons. The standard InChI is InChI=1S/C10H6BrF3N2O/c11-7-1-2-8-6(3-7)4-15-16-9(8)17-5-10(12,13)14/h1-4H,5H2. The van der Waals surface area contributed by atoms with Gasteiger partial charge in [0.05, 0.1) is 6.20 Å². The molecule has 17 heavy (non-hydrogen) atoms. The molecule has 0 saturated heterocycles. The van der Waals surface area contributed by atoms with Crippen LogP contribution in [-0.4, -0.2) is 23.0 Å². The molecule has 0 saturated carbocycles. The number of benzene rings is 1. The van der Waals surface area contributed by atoms with Gasteiger partial charge in [-0.1, -0.05) is 15.9 Å². The summed E-state index contributed by atoms with van der Waals surface area (Å²) in [5.41, 5.74) is 0. The fourth-order valence-electron chi connectivity index (χ4n) is 1.29. The molecule has 0 aliphatic rings. The van der Waals surface area contributed by atoms with E-state index in [0.29, 0.717) is 10.8 Å². The maximum absolute atomic E-state index is 12.0. The van der Waals surface area contributed by atoms with E-state index in [1.165, 1.54) is 6.20 Å². The lowest BCUT2D eigenvalue weighted by atomic mass is 10.2. The van der Waals surface area contributed by atoms with Crippen LogP contribution in [0.25, 0.3) is 10.8 Å². The first kappa shape index (κ1) is 12.1. The molecule has 0 fully saturated rings. The molecule has 0 amide bonds. The summed E-state index contributed by atoms with van der Waals surface area (Å²) in [6.07, 6.45) is -2.93. The van der Waals surface area contributed by atoms with Gasteiger partial charge in [-0.15, -0.1) is 5.10 Å². The van der Waals surface area contributed by atoms with Gasteiger partial charge in [0.2, 0.25) is 5.88 Å². The zero-order chi connectivity index (χ0) is 12.5. The quantitative estimate of drug-likeness (QED) is 0.853. The van der Waals surface area contributed by atoms with Crippen molar-refractivity contribution in [1.29, 1.82) is 0 Å². The predicted molar refractivity (Wildman–Crippen MR) is 58.8 cm³/mol. The first-order valence-corrected chi connectivity index (χ1v) is 5.35. The smallest absolute Gasteiger partial charge is 0.422 e. The molecule has 0 unspecified atom stereocenters. The average molecular weight is 307 g/mol. The second-order valence-corrected chi connectivity index (χ2v) is 4.20. The van der Waals surface area contributed by atoms with Gasteiger partial charge >= 0.3 is 6.18 Å². The van der Waals surface area contributed by atoms with Crippen LogP contribution in [0.5, 0.6) is 5.88 Å². The lowest BCUT2D eigenvalue weighted by molar-refractivity contribution is -0.153. The summed E-state index contributed by atoms with van der Waals surface area (Å²) in [5.74, 6) is -0.118. The number of nitrogens with zero attached hydrogens (tertiary/aromatic N) is 2. The lowest BCUT2D eigenvalue weighted by Crippen LogP contribution is -2.19. The van der Waals surface area contributed by atoms with Gasteiger partial charge in [0.15, 0.2) is 6.61 Å². The molecule has 7 heteroatoms. The second kappa shape index (κ2) is 4.48. The summed E-state index contributed by atoms with van der Waals surface area (Å²) in [7, 11) is 0. The molecule has 0 radical (unpaired) electrons. The van der Waals surface area contributed by atoms with Crippen LogP contribution in [0.15, 0.2) is 28.9 Å². The molecule has 0 atom stereocenters. The molecule has 1 aromatic carbocycles. The molecule has 0 spiro atoms. The summed E-state index contributed by atoms with van der Waals surface area (Å²) in [6.45, 7) is -1.38. The summed E-state index contributed by atoms with van der Waals surface area (Å²) in [5, 5.41) is 8.30. The maximum Gasteiger partial charge on any atom is 0.422 e. The van der Waals surface area contributed by atoms with Gasteiger partial charge in [-0.3, -0.25) is 0 Å². The highest BCUT2D eigenvalue weighted by Gasteiger charge is 2.29. The van der Waals surface area contributed by atoms with E-state index in [0.717, 1.165) is 4.47 Å². The maximum atomic E-state index is 12.0. The number of hydrogen-bond acceptors (Lipinski definition) is 3. The number of alkyl halides is 3. The van der Waals surface area contributed by atoms with E-state index in [2.05, 4.69) is 30.9 Å². The van der Waals surface area contributed by atoms with Crippen molar-refractivity contribution in [2.24, 2.45) is 0 Å². The SMILES string of the molecule is FC(F)(F)COc1nncc2cc(Br)ccc12. The second-order valence-electron chi connectivity index (χ2n) is 3.29. The molecular weight excluding hydrogens is 301 g/mol. The third kappa shape index (κ3) is 3.06. The Bertz CT molecular complexity index is 545. The number of halogens is 4. The number of fused-ring (bicyclic) bond motifs is 1. The minimum Gasteiger partial charge on any atom is -0.467 e. The Morgan fingerprint density at radius 1 is 1.29 bits per heavy atom. The normalized spacial score (nSPS) is 11.8. The third-order valence-electron chi connectivity index (χ3n) is 1.96. The van der Waals surface area contributed by atoms with E-state index in [1.807, 2.05) is 0 Å². The first-order valence-electron chi connectivity index (χ1n) is 4.56. The molecule has 0 N–H and O–H groups in total. The van der Waals surface area contributed by atoms with Crippen LogP contribution in [0.4, 0.5) is 13.2 Å². The molecular formula is C10H6BrF3N2O. The highest BCUT2D eigenvalue weighted by Crippen LogP contribution is 2.26. The van der Waals surface area contributed by atoms with Crippen molar-refractivity contribution in [3.63, 3.8) is 0 Å². The van der Waals surface area contributed by atoms with Crippen molar-refractivity contribution in [2.75, 3.05) is 6.61 Å². The molecule has 1 aromatic heterocycles. The van der Waals surface area contributed by atoms with Gasteiger partial charge in [-0.2, -0.15) is 18.3 Å². The molecule has 0 aliphatic heterocycles. The highest BCUT2D eigenvalue weighted by molar-refractivity contribution is 9.10. The van der Waals surface area contributed by atoms with E-state index in [-0.39, 0.29) is 5.88 Å². The molecule has 2 rings (SSSR count). The molecule has 2 aromatic rings. The Morgan fingerprint density at radius 2 is 2.06 bits per heavy atom. The summed E-state index contributed by atoms with van der Waals surface area (Å²) >= 11 is 3.26. The zero-order valence-electron chi connectivity index (χ0n) is 8.33. The minimum atomic E-state index is -4.39. The van der Waals surface area contributed by atoms with Crippen molar-refractivity contribution in [3.05, 3.63) is 28.9 Å². The van der Waals surface area contributed by atoms with Crippen molar-refractivity contribution >= 4 is 26.7 Å². The monoisotopic (exact) mass is 306 g/mol. The van der Waals surface area contributed by atoms with Gasteiger partial charge in [0.1, 0.15) is 0 Å². The first-order chi connectivity index (χ1) is 7.96. The fraction of sp³-hybridized carbons (Fsp3) is 0.200. The minimum absolute atomic E-state index is 0.118. The van der Waals surface area contributed by atoms with Crippen LogP contribution in [-0.2, 0) is 0 Å². The fourth-order valence-corrected chi connectivity index (χ4v) is 1.67. The van der Waals surface area contributed by atoms with E-state index in [9.17, 15) is 13.2 Å². The van der Waals surface area contributed by atoms with Crippen molar-refractivity contribution in [3.8, 4) is 5.88 Å². The topological polar surface area (TPSA) is 35.0 Å². The summed E-state index contributed by atoms with van der Waals surface area (Å²) in [4.78, 5) is 0. The average Bonchev–Trinajstić information content (AvgIpc) is 2.24. The van der Waals surface area contributed by atoms with E-state index >= 15 is 0 Å². The molecule has 3 nitrogen and oxygen atoms in total. The van der Waals surface area contributed by atoms with E-state index in [4.69, 9.17) is 0 Å². The number of ether oxygens (including phenoxy) is 1. The Balaban J connectivity index is 2.34. The lowest BCUT2D eigenvalue weighted by Gasteiger charge is -2.09. The zero-order valence-corrected chi connectivity index (χ0v) is 9.92. The van der Waals surface area contributed by atoms with Crippen LogP contribution < -0.4 is 4.74 Å². The molecule has 0 bridgehead atoms. The van der Waals surface area contributed by atoms with Crippen LogP contribution in [0, 0.1) is 0 Å². The third-order valence-corrected chi connectivity index (χ3v) is 2.46. The van der Waals surface area contributed by atoms with E-state index < -0.39 is 12.8 Å². The van der Waals surface area contributed by atoms with Gasteiger partial charge in [-0.25, -0.2) is 0 Å². The molecule has 0 aliphatic carbocycles. The number of hydrogen-bond donors (Lipinski definition) is 0. The van der Waals surface area contributed by atoms with Crippen molar-refractivity contribution < 1.29 is 17.9 Å². The Labute approximate surface area is 103 Å². The Morgan fingerprint density at radius 3 is 2.76 bits per heavy atom. The molecule has 1 heterocycles. The van der Waals surface area contributed by atoms with Gasteiger partial charge in [0.25, 0.3) is 0 Å². The predicted octanol–water partition coefficient (Wildman–Crippen LogP) is 3.33. The van der Waals surface area contributed by atoms with Crippen molar-refractivity contribution in [1.82, 2.24) is 10.2 Å². The summed E-state index contributed by atoms with van der Waals surface area (Å²) in [6, 6.07) is 5.05. The van der Waals surface area contributed by atoms with Crippen LogP contribution >= 0.6 is 15.9 Å². The number of aromatic nitrogens is 2. The largest absolute Gasteiger partial charge is 0.467 e. The summed E-state index contributed by atoms with van der Waals surface area (Å²) < 4.78 is 41.5. The van der Waals surface area contributed by atoms with Gasteiger partial charge < -0.3 is 4.74 Å². The Hall–Kier alpha value is -1.37. The van der Waals surface area contributed by atoms with Gasteiger partial charge in [0, 0.05) is 15.2 Å². The number of rotatable bonds is 2. The van der Waals surface area contributed by atoms with Crippen molar-refractivity contribution in [2.45, 2.75) is 6.18 Å². The van der Waals surface area contributed by atoms with Gasteiger partial charge in [-0.05, 0) is 18.2 Å². The van der Waals surface area contributed by atoms with Crippen LogP contribution in [0.3, 0.4) is 0 Å². The van der Waals surface area contributed by atoms with Crippen LogP contribution in [0.1, 0.15) is 0 Å².